The highest BCUT2D eigenvalue weighted by molar-refractivity contribution is 14.1. The Labute approximate surface area is 120 Å². The minimum atomic E-state index is -0.178. The molecule has 0 saturated carbocycles. The average molecular weight is 355 g/mol. The van der Waals surface area contributed by atoms with Crippen molar-refractivity contribution in [1.29, 1.82) is 0 Å². The van der Waals surface area contributed by atoms with Gasteiger partial charge in [-0.2, -0.15) is 0 Å². The van der Waals surface area contributed by atoms with E-state index in [2.05, 4.69) is 38.4 Å². The first-order valence-corrected chi connectivity index (χ1v) is 6.80. The van der Waals surface area contributed by atoms with E-state index in [1.54, 1.807) is 0 Å². The van der Waals surface area contributed by atoms with E-state index in [1.165, 1.54) is 10.7 Å². The lowest BCUT2D eigenvalue weighted by molar-refractivity contribution is -0.140. The van der Waals surface area contributed by atoms with Gasteiger partial charge in [-0.25, -0.2) is 0 Å². The summed E-state index contributed by atoms with van der Waals surface area (Å²) in [4.78, 5) is 15.7. The molecule has 0 N–H and O–H groups in total. The first-order valence-electron chi connectivity index (χ1n) is 5.73. The van der Waals surface area contributed by atoms with Crippen LogP contribution in [-0.2, 0) is 16.0 Å². The first kappa shape index (κ1) is 13.3. The average Bonchev–Trinajstić information content (AvgIpc) is 2.36. The Morgan fingerprint density at radius 3 is 2.89 bits per heavy atom. The lowest BCUT2D eigenvalue weighted by atomic mass is 10.0. The third kappa shape index (κ3) is 2.98. The van der Waals surface area contributed by atoms with E-state index in [9.17, 15) is 4.79 Å². The van der Waals surface area contributed by atoms with Crippen LogP contribution in [0.3, 0.4) is 0 Å². The number of carbonyl (C=O) groups excluding carboxylic acids is 1. The van der Waals surface area contributed by atoms with Crippen LogP contribution < -0.4 is 0 Å². The van der Waals surface area contributed by atoms with Gasteiger partial charge in [0, 0.05) is 21.1 Å². The number of fused-ring (bicyclic) bond motifs is 1. The van der Waals surface area contributed by atoms with Gasteiger partial charge in [0.05, 0.1) is 12.6 Å². The van der Waals surface area contributed by atoms with Gasteiger partial charge >= 0.3 is 5.97 Å². The molecule has 0 saturated heterocycles. The summed E-state index contributed by atoms with van der Waals surface area (Å²) in [6.45, 7) is 1.97. The molecule has 0 aliphatic rings. The number of carbonyl (C=O) groups is 1. The number of benzene rings is 1. The molecule has 1 heterocycles. The van der Waals surface area contributed by atoms with E-state index in [4.69, 9.17) is 0 Å². The third-order valence-corrected chi connectivity index (χ3v) is 3.48. The van der Waals surface area contributed by atoms with Gasteiger partial charge in [-0.15, -0.1) is 0 Å². The highest BCUT2D eigenvalue weighted by Crippen LogP contribution is 2.22. The summed E-state index contributed by atoms with van der Waals surface area (Å²) >= 11 is 2.28. The maximum atomic E-state index is 11.2. The van der Waals surface area contributed by atoms with E-state index < -0.39 is 0 Å². The molecule has 0 bridgehead atoms. The highest BCUT2D eigenvalue weighted by Gasteiger charge is 2.07. The summed E-state index contributed by atoms with van der Waals surface area (Å²) in [5.74, 6) is -0.178. The Balaban J connectivity index is 2.41. The van der Waals surface area contributed by atoms with E-state index in [0.717, 1.165) is 22.2 Å². The number of methoxy groups -OCH3 is 1. The summed E-state index contributed by atoms with van der Waals surface area (Å²) in [6, 6.07) is 8.21. The fourth-order valence-electron chi connectivity index (χ4n) is 1.96. The number of nitrogens with zero attached hydrogens (tertiary/aromatic N) is 1. The van der Waals surface area contributed by atoms with Crippen molar-refractivity contribution in [3.8, 4) is 0 Å². The lowest BCUT2D eigenvalue weighted by Gasteiger charge is -2.08. The summed E-state index contributed by atoms with van der Waals surface area (Å²) in [5, 5.41) is 1.12. The zero-order chi connectivity index (χ0) is 13.1. The maximum Gasteiger partial charge on any atom is 0.305 e. The van der Waals surface area contributed by atoms with Crippen molar-refractivity contribution >= 4 is 39.5 Å². The van der Waals surface area contributed by atoms with Gasteiger partial charge in [-0.05, 0) is 65.8 Å². The van der Waals surface area contributed by atoms with Crippen molar-refractivity contribution in [2.45, 2.75) is 19.8 Å². The molecule has 2 rings (SSSR count). The molecule has 0 fully saturated rings. The van der Waals surface area contributed by atoms with Crippen molar-refractivity contribution in [3.63, 3.8) is 0 Å². The number of rotatable bonds is 3. The van der Waals surface area contributed by atoms with Crippen LogP contribution in [0.15, 0.2) is 24.3 Å². The van der Waals surface area contributed by atoms with E-state index in [0.29, 0.717) is 12.8 Å². The normalized spacial score (nSPS) is 10.6. The Bertz CT molecular complexity index is 596. The van der Waals surface area contributed by atoms with Gasteiger partial charge in [0.1, 0.15) is 0 Å². The quantitative estimate of drug-likeness (QED) is 0.627. The van der Waals surface area contributed by atoms with Crippen molar-refractivity contribution in [2.24, 2.45) is 0 Å². The lowest BCUT2D eigenvalue weighted by Crippen LogP contribution is -2.03. The van der Waals surface area contributed by atoms with Crippen LogP contribution in [0.25, 0.3) is 10.9 Å². The summed E-state index contributed by atoms with van der Waals surface area (Å²) in [5.41, 5.74) is 3.11. The van der Waals surface area contributed by atoms with Gasteiger partial charge in [0.25, 0.3) is 0 Å². The predicted octanol–water partition coefficient (Wildman–Crippen LogP) is 3.25. The van der Waals surface area contributed by atoms with E-state index >= 15 is 0 Å². The second-order valence-electron chi connectivity index (χ2n) is 4.16. The van der Waals surface area contributed by atoms with Crippen LogP contribution >= 0.6 is 22.6 Å². The van der Waals surface area contributed by atoms with Gasteiger partial charge in [0.2, 0.25) is 0 Å². The number of pyridine rings is 1. The Hall–Kier alpha value is -1.17. The number of aromatic nitrogens is 1. The van der Waals surface area contributed by atoms with E-state index in [1.807, 2.05) is 25.1 Å². The molecule has 1 aromatic heterocycles. The second kappa shape index (κ2) is 5.65. The molecule has 0 aliphatic heterocycles. The van der Waals surface area contributed by atoms with Crippen LogP contribution in [0.1, 0.15) is 17.7 Å². The predicted molar refractivity (Wildman–Crippen MR) is 79.5 cm³/mol. The largest absolute Gasteiger partial charge is 0.469 e. The van der Waals surface area contributed by atoms with Crippen LogP contribution in [-0.4, -0.2) is 18.1 Å². The smallest absolute Gasteiger partial charge is 0.305 e. The van der Waals surface area contributed by atoms with Gasteiger partial charge in [0.15, 0.2) is 0 Å². The van der Waals surface area contributed by atoms with Crippen molar-refractivity contribution in [2.75, 3.05) is 7.11 Å². The standard InChI is InChI=1S/C14H14INO2/c1-9-7-10(3-6-14(17)18-2)12-8-11(15)4-5-13(12)16-9/h4-5,7-8H,3,6H2,1-2H3. The number of aryl methyl sites for hydroxylation is 2. The van der Waals surface area contributed by atoms with Crippen molar-refractivity contribution < 1.29 is 9.53 Å². The van der Waals surface area contributed by atoms with Crippen LogP contribution in [0.2, 0.25) is 0 Å². The molecule has 0 unspecified atom stereocenters. The number of halogens is 1. The molecule has 94 valence electrons. The fourth-order valence-corrected chi connectivity index (χ4v) is 2.45. The second-order valence-corrected chi connectivity index (χ2v) is 5.41. The minimum absolute atomic E-state index is 0.178. The molecule has 1 aromatic carbocycles. The maximum absolute atomic E-state index is 11.2. The molecule has 0 atom stereocenters. The Kier molecular flexibility index (Phi) is 4.16. The number of esters is 1. The zero-order valence-corrected chi connectivity index (χ0v) is 12.5. The Morgan fingerprint density at radius 2 is 2.17 bits per heavy atom. The molecule has 18 heavy (non-hydrogen) atoms. The number of ether oxygens (including phenoxy) is 1. The first-order chi connectivity index (χ1) is 8.60. The summed E-state index contributed by atoms with van der Waals surface area (Å²) in [7, 11) is 1.42. The van der Waals surface area contributed by atoms with Gasteiger partial charge in [-0.3, -0.25) is 9.78 Å². The summed E-state index contributed by atoms with van der Waals surface area (Å²) in [6.07, 6.45) is 1.09. The third-order valence-electron chi connectivity index (χ3n) is 2.81. The number of hydrogen-bond acceptors (Lipinski definition) is 3. The molecule has 2 aromatic rings. The SMILES string of the molecule is COC(=O)CCc1cc(C)nc2ccc(I)cc12. The molecule has 0 amide bonds. The minimum Gasteiger partial charge on any atom is -0.469 e. The van der Waals surface area contributed by atoms with Gasteiger partial charge < -0.3 is 4.74 Å². The Morgan fingerprint density at radius 1 is 1.39 bits per heavy atom. The molecular weight excluding hydrogens is 341 g/mol. The zero-order valence-electron chi connectivity index (χ0n) is 10.4. The fraction of sp³-hybridized carbons (Fsp3) is 0.286. The van der Waals surface area contributed by atoms with E-state index in [-0.39, 0.29) is 5.97 Å². The van der Waals surface area contributed by atoms with Crippen molar-refractivity contribution in [3.05, 3.63) is 39.1 Å². The molecule has 0 aliphatic carbocycles. The molecule has 0 radical (unpaired) electrons. The van der Waals surface area contributed by atoms with Crippen LogP contribution in [0.5, 0.6) is 0 Å². The van der Waals surface area contributed by atoms with Gasteiger partial charge in [-0.1, -0.05) is 0 Å². The summed E-state index contributed by atoms with van der Waals surface area (Å²) < 4.78 is 5.85. The van der Waals surface area contributed by atoms with Crippen LogP contribution in [0, 0.1) is 10.5 Å². The van der Waals surface area contributed by atoms with Crippen molar-refractivity contribution in [1.82, 2.24) is 4.98 Å². The van der Waals surface area contributed by atoms with Crippen LogP contribution in [0.4, 0.5) is 0 Å². The molecular formula is C14H14INO2. The topological polar surface area (TPSA) is 39.2 Å². The number of hydrogen-bond donors (Lipinski definition) is 0. The highest BCUT2D eigenvalue weighted by atomic mass is 127. The molecule has 0 spiro atoms. The molecule has 4 heteroatoms. The monoisotopic (exact) mass is 355 g/mol. The molecule has 3 nitrogen and oxygen atoms in total.